The summed E-state index contributed by atoms with van der Waals surface area (Å²) >= 11 is 0. The van der Waals surface area contributed by atoms with Crippen LogP contribution in [-0.4, -0.2) is 29.3 Å². The first-order chi connectivity index (χ1) is 13.0. The first-order valence-corrected chi connectivity index (χ1v) is 10.7. The number of hydrogen-bond acceptors (Lipinski definition) is 2. The molecule has 1 atom stereocenters. The van der Waals surface area contributed by atoms with Crippen molar-refractivity contribution >= 4 is 17.5 Å². The second kappa shape index (κ2) is 6.35. The monoisotopic (exact) mass is 366 g/mol. The Balaban J connectivity index is 1.33. The minimum Gasteiger partial charge on any atom is -0.330 e. The fourth-order valence-electron chi connectivity index (χ4n) is 6.91. The van der Waals surface area contributed by atoms with Crippen LogP contribution in [0.4, 0.5) is 5.69 Å². The number of rotatable bonds is 3. The van der Waals surface area contributed by atoms with Crippen LogP contribution in [0.25, 0.3) is 0 Å². The molecule has 1 heterocycles. The lowest BCUT2D eigenvalue weighted by molar-refractivity contribution is -0.160. The van der Waals surface area contributed by atoms with Crippen LogP contribution in [0.2, 0.25) is 0 Å². The van der Waals surface area contributed by atoms with E-state index in [9.17, 15) is 9.59 Å². The predicted octanol–water partition coefficient (Wildman–Crippen LogP) is 4.14. The number of anilines is 1. The summed E-state index contributed by atoms with van der Waals surface area (Å²) in [5, 5.41) is 3.05. The van der Waals surface area contributed by atoms with E-state index in [-0.39, 0.29) is 17.4 Å². The average Bonchev–Trinajstić information content (AvgIpc) is 3.09. The Hall–Kier alpha value is -1.84. The quantitative estimate of drug-likeness (QED) is 0.874. The molecule has 5 aliphatic rings. The second-order valence-electron chi connectivity index (χ2n) is 9.71. The molecule has 4 aliphatic carbocycles. The molecule has 6 rings (SSSR count). The van der Waals surface area contributed by atoms with Crippen molar-refractivity contribution in [1.82, 2.24) is 4.90 Å². The number of nitrogens with zero attached hydrogens (tertiary/aromatic N) is 1. The number of carbonyl (C=O) groups is 2. The lowest BCUT2D eigenvalue weighted by atomic mass is 9.49. The fraction of sp³-hybridized carbons (Fsp3) is 0.652. The molecule has 1 aliphatic heterocycles. The van der Waals surface area contributed by atoms with Crippen LogP contribution in [-0.2, 0) is 9.59 Å². The first kappa shape index (κ1) is 17.3. The Kier molecular flexibility index (Phi) is 4.06. The van der Waals surface area contributed by atoms with Gasteiger partial charge in [-0.05, 0) is 93.7 Å². The Morgan fingerprint density at radius 2 is 1.74 bits per heavy atom. The van der Waals surface area contributed by atoms with Crippen molar-refractivity contribution in [2.75, 3.05) is 11.9 Å². The van der Waals surface area contributed by atoms with Crippen LogP contribution >= 0.6 is 0 Å². The van der Waals surface area contributed by atoms with Crippen molar-refractivity contribution in [3.05, 3.63) is 29.8 Å². The summed E-state index contributed by atoms with van der Waals surface area (Å²) < 4.78 is 0. The number of amides is 2. The molecule has 1 unspecified atom stereocenters. The van der Waals surface area contributed by atoms with E-state index >= 15 is 0 Å². The van der Waals surface area contributed by atoms with Gasteiger partial charge in [0, 0.05) is 12.2 Å². The van der Waals surface area contributed by atoms with Crippen LogP contribution < -0.4 is 5.32 Å². The van der Waals surface area contributed by atoms with E-state index in [0.717, 1.165) is 67.7 Å². The van der Waals surface area contributed by atoms with E-state index in [4.69, 9.17) is 0 Å². The molecule has 1 aromatic rings. The molecule has 0 radical (unpaired) electrons. The summed E-state index contributed by atoms with van der Waals surface area (Å²) in [4.78, 5) is 28.6. The van der Waals surface area contributed by atoms with Crippen LogP contribution in [0.1, 0.15) is 56.9 Å². The van der Waals surface area contributed by atoms with E-state index in [0.29, 0.717) is 5.91 Å². The second-order valence-corrected chi connectivity index (χ2v) is 9.71. The SMILES string of the molecule is Cc1cccc(NC(=O)C2CCCN2C(=O)C23CC4CC(CC(C4)C2)C3)c1. The van der Waals surface area contributed by atoms with E-state index in [1.54, 1.807) is 0 Å². The zero-order valence-electron chi connectivity index (χ0n) is 16.2. The summed E-state index contributed by atoms with van der Waals surface area (Å²) in [6, 6.07) is 7.58. The smallest absolute Gasteiger partial charge is 0.247 e. The molecule has 4 bridgehead atoms. The molecule has 4 saturated carbocycles. The highest BCUT2D eigenvalue weighted by Gasteiger charge is 2.56. The maximum atomic E-state index is 13.7. The normalized spacial score (nSPS) is 36.9. The molecule has 1 N–H and O–H groups in total. The molecule has 5 fully saturated rings. The van der Waals surface area contributed by atoms with E-state index in [1.807, 2.05) is 36.1 Å². The van der Waals surface area contributed by atoms with Crippen molar-refractivity contribution < 1.29 is 9.59 Å². The third kappa shape index (κ3) is 2.97. The zero-order valence-corrected chi connectivity index (χ0v) is 16.2. The zero-order chi connectivity index (χ0) is 18.6. The number of hydrogen-bond donors (Lipinski definition) is 1. The van der Waals surface area contributed by atoms with E-state index in [1.165, 1.54) is 19.3 Å². The lowest BCUT2D eigenvalue weighted by Gasteiger charge is -2.56. The van der Waals surface area contributed by atoms with Crippen molar-refractivity contribution in [2.45, 2.75) is 64.3 Å². The number of carbonyl (C=O) groups excluding carboxylic acids is 2. The summed E-state index contributed by atoms with van der Waals surface area (Å²) in [5.41, 5.74) is 1.80. The van der Waals surface area contributed by atoms with Gasteiger partial charge in [0.1, 0.15) is 6.04 Å². The molecule has 2 amide bonds. The molecule has 4 nitrogen and oxygen atoms in total. The summed E-state index contributed by atoms with van der Waals surface area (Å²) in [7, 11) is 0. The molecule has 0 spiro atoms. The standard InChI is InChI=1S/C23H30N2O2/c1-15-4-2-5-19(8-15)24-21(26)20-6-3-7-25(20)22(27)23-12-16-9-17(13-23)11-18(10-16)14-23/h2,4-5,8,16-18,20H,3,6-7,9-14H2,1H3,(H,24,26). The highest BCUT2D eigenvalue weighted by Crippen LogP contribution is 2.60. The van der Waals surface area contributed by atoms with E-state index < -0.39 is 0 Å². The maximum absolute atomic E-state index is 13.7. The number of nitrogens with one attached hydrogen (secondary N) is 1. The predicted molar refractivity (Wildman–Crippen MR) is 105 cm³/mol. The van der Waals surface area contributed by atoms with Crippen molar-refractivity contribution in [1.29, 1.82) is 0 Å². The molecular weight excluding hydrogens is 336 g/mol. The lowest BCUT2D eigenvalue weighted by Crippen LogP contribution is -2.56. The van der Waals surface area contributed by atoms with Crippen molar-refractivity contribution in [3.8, 4) is 0 Å². The van der Waals surface area contributed by atoms with Gasteiger partial charge in [-0.15, -0.1) is 0 Å². The molecule has 4 heteroatoms. The third-order valence-corrected chi connectivity index (χ3v) is 7.59. The molecule has 144 valence electrons. The summed E-state index contributed by atoms with van der Waals surface area (Å²) in [6.07, 6.45) is 8.94. The third-order valence-electron chi connectivity index (χ3n) is 7.59. The largest absolute Gasteiger partial charge is 0.330 e. The van der Waals surface area contributed by atoms with Gasteiger partial charge in [0.25, 0.3) is 0 Å². The van der Waals surface area contributed by atoms with Crippen LogP contribution in [0.15, 0.2) is 24.3 Å². The van der Waals surface area contributed by atoms with Gasteiger partial charge in [-0.2, -0.15) is 0 Å². The summed E-state index contributed by atoms with van der Waals surface area (Å²) in [5.74, 6) is 2.53. The van der Waals surface area contributed by atoms with Crippen LogP contribution in [0, 0.1) is 30.1 Å². The van der Waals surface area contributed by atoms with Gasteiger partial charge in [-0.1, -0.05) is 12.1 Å². The molecule has 0 aromatic heterocycles. The topological polar surface area (TPSA) is 49.4 Å². The number of aryl methyl sites for hydroxylation is 1. The summed E-state index contributed by atoms with van der Waals surface area (Å²) in [6.45, 7) is 2.76. The highest BCUT2D eigenvalue weighted by molar-refractivity contribution is 5.98. The Morgan fingerprint density at radius 3 is 2.37 bits per heavy atom. The molecule has 1 aromatic carbocycles. The van der Waals surface area contributed by atoms with Gasteiger partial charge in [0.15, 0.2) is 0 Å². The fourth-order valence-corrected chi connectivity index (χ4v) is 6.91. The average molecular weight is 367 g/mol. The first-order valence-electron chi connectivity index (χ1n) is 10.7. The van der Waals surface area contributed by atoms with Gasteiger partial charge < -0.3 is 10.2 Å². The van der Waals surface area contributed by atoms with Crippen LogP contribution in [0.5, 0.6) is 0 Å². The molecule has 27 heavy (non-hydrogen) atoms. The Bertz CT molecular complexity index is 736. The van der Waals surface area contributed by atoms with Gasteiger partial charge in [0.2, 0.25) is 11.8 Å². The van der Waals surface area contributed by atoms with Gasteiger partial charge in [0.05, 0.1) is 5.41 Å². The number of likely N-dealkylation sites (tertiary alicyclic amines) is 1. The van der Waals surface area contributed by atoms with Gasteiger partial charge in [-0.25, -0.2) is 0 Å². The number of benzene rings is 1. The van der Waals surface area contributed by atoms with Crippen LogP contribution in [0.3, 0.4) is 0 Å². The van der Waals surface area contributed by atoms with Gasteiger partial charge >= 0.3 is 0 Å². The Morgan fingerprint density at radius 1 is 1.07 bits per heavy atom. The highest BCUT2D eigenvalue weighted by atomic mass is 16.2. The van der Waals surface area contributed by atoms with E-state index in [2.05, 4.69) is 5.32 Å². The van der Waals surface area contributed by atoms with Crippen molar-refractivity contribution in [2.24, 2.45) is 23.2 Å². The molecular formula is C23H30N2O2. The minimum absolute atomic E-state index is 0.0174. The maximum Gasteiger partial charge on any atom is 0.247 e. The molecule has 1 saturated heterocycles. The Labute approximate surface area is 161 Å². The van der Waals surface area contributed by atoms with Gasteiger partial charge in [-0.3, -0.25) is 9.59 Å². The minimum atomic E-state index is -0.300. The van der Waals surface area contributed by atoms with Crippen molar-refractivity contribution in [3.63, 3.8) is 0 Å².